The van der Waals surface area contributed by atoms with Gasteiger partial charge in [0.1, 0.15) is 6.61 Å². The van der Waals surface area contributed by atoms with Gasteiger partial charge in [0, 0.05) is 18.5 Å². The normalized spacial score (nSPS) is 29.0. The molecule has 172 valence electrons. The average Bonchev–Trinajstić information content (AvgIpc) is 3.18. The van der Waals surface area contributed by atoms with Gasteiger partial charge in [-0.2, -0.15) is 0 Å². The van der Waals surface area contributed by atoms with E-state index in [0.717, 1.165) is 44.9 Å². The number of ether oxygens (including phenoxy) is 1. The highest BCUT2D eigenvalue weighted by Gasteiger charge is 2.44. The lowest BCUT2D eigenvalue weighted by Crippen LogP contribution is -2.44. The number of unbranched alkanes of at least 4 members (excludes halogenated alkanes) is 2. The van der Waals surface area contributed by atoms with Crippen molar-refractivity contribution >= 4 is 5.91 Å². The monoisotopic (exact) mass is 421 g/mol. The molecule has 5 atom stereocenters. The molecule has 2 aliphatic rings. The summed E-state index contributed by atoms with van der Waals surface area (Å²) in [5.74, 6) is 1.07. The molecule has 0 saturated heterocycles. The van der Waals surface area contributed by atoms with Crippen molar-refractivity contribution in [2.24, 2.45) is 17.8 Å². The number of carbonyl (C=O) groups excluding carboxylic acids is 1. The molecule has 0 bridgehead atoms. The molecule has 0 aromatic rings. The van der Waals surface area contributed by atoms with Gasteiger partial charge >= 0.3 is 0 Å². The first-order valence-electron chi connectivity index (χ1n) is 11.7. The lowest BCUT2D eigenvalue weighted by molar-refractivity contribution is -0.138. The average molecular weight is 422 g/mol. The molecule has 0 radical (unpaired) electrons. The molecule has 2 fully saturated rings. The molecular weight excluding hydrogens is 378 g/mol. The molecule has 0 heterocycles. The zero-order chi connectivity index (χ0) is 22.3. The lowest BCUT2D eigenvalue weighted by Gasteiger charge is -2.31. The van der Waals surface area contributed by atoms with Crippen LogP contribution in [-0.4, -0.2) is 59.0 Å². The number of likely N-dealkylation sites (N-methyl/N-ethyl adjacent to an activating group) is 1. The molecule has 5 heteroatoms. The fourth-order valence-corrected chi connectivity index (χ4v) is 4.69. The standard InChI is InChI=1S/C25H43NO4/c1-6-7-8-9-20(27)10-11-21-22-15-18(14-19(22)16-23(21)28)12-13-30-17-24(29)26(5)25(2,3)4/h10-12,19-23,27-28H,6-9,13-17H2,1-5H3/t19-,20-,21+,22-,23+/m0/s1. The first-order chi connectivity index (χ1) is 14.1. The van der Waals surface area contributed by atoms with E-state index in [9.17, 15) is 15.0 Å². The maximum absolute atomic E-state index is 12.2. The summed E-state index contributed by atoms with van der Waals surface area (Å²) in [5.41, 5.74) is 1.17. The predicted molar refractivity (Wildman–Crippen MR) is 121 cm³/mol. The Morgan fingerprint density at radius 1 is 1.30 bits per heavy atom. The molecule has 0 unspecified atom stereocenters. The second-order valence-electron chi connectivity index (χ2n) is 10.2. The Morgan fingerprint density at radius 3 is 2.70 bits per heavy atom. The highest BCUT2D eigenvalue weighted by molar-refractivity contribution is 5.77. The van der Waals surface area contributed by atoms with Crippen LogP contribution in [0.4, 0.5) is 0 Å². The Morgan fingerprint density at radius 2 is 2.03 bits per heavy atom. The van der Waals surface area contributed by atoms with Crippen LogP contribution < -0.4 is 0 Å². The molecule has 0 spiro atoms. The van der Waals surface area contributed by atoms with E-state index in [4.69, 9.17) is 4.74 Å². The molecule has 2 aliphatic carbocycles. The van der Waals surface area contributed by atoms with Gasteiger partial charge in [-0.3, -0.25) is 4.79 Å². The minimum atomic E-state index is -0.406. The summed E-state index contributed by atoms with van der Waals surface area (Å²) < 4.78 is 5.61. The van der Waals surface area contributed by atoms with E-state index >= 15 is 0 Å². The quantitative estimate of drug-likeness (QED) is 0.412. The van der Waals surface area contributed by atoms with Crippen molar-refractivity contribution in [2.75, 3.05) is 20.3 Å². The van der Waals surface area contributed by atoms with Crippen LogP contribution in [0, 0.1) is 17.8 Å². The van der Waals surface area contributed by atoms with Crippen LogP contribution >= 0.6 is 0 Å². The molecule has 5 nitrogen and oxygen atoms in total. The summed E-state index contributed by atoms with van der Waals surface area (Å²) in [6.07, 6.45) is 12.3. The highest BCUT2D eigenvalue weighted by Crippen LogP contribution is 2.50. The maximum Gasteiger partial charge on any atom is 0.248 e. The highest BCUT2D eigenvalue weighted by atomic mass is 16.5. The van der Waals surface area contributed by atoms with Crippen molar-refractivity contribution in [2.45, 2.75) is 90.4 Å². The molecule has 30 heavy (non-hydrogen) atoms. The summed E-state index contributed by atoms with van der Waals surface area (Å²) >= 11 is 0. The number of nitrogens with zero attached hydrogens (tertiary/aromatic N) is 1. The van der Waals surface area contributed by atoms with Gasteiger partial charge in [0.25, 0.3) is 0 Å². The Kier molecular flexibility index (Phi) is 9.58. The van der Waals surface area contributed by atoms with Crippen molar-refractivity contribution in [3.63, 3.8) is 0 Å². The third-order valence-corrected chi connectivity index (χ3v) is 6.87. The van der Waals surface area contributed by atoms with Crippen molar-refractivity contribution < 1.29 is 19.7 Å². The molecule has 2 saturated carbocycles. The largest absolute Gasteiger partial charge is 0.392 e. The molecule has 0 aromatic heterocycles. The smallest absolute Gasteiger partial charge is 0.248 e. The predicted octanol–water partition coefficient (Wildman–Crippen LogP) is 4.09. The van der Waals surface area contributed by atoms with Crippen LogP contribution in [0.5, 0.6) is 0 Å². The van der Waals surface area contributed by atoms with Gasteiger partial charge in [-0.1, -0.05) is 50.0 Å². The van der Waals surface area contributed by atoms with Crippen LogP contribution in [-0.2, 0) is 9.53 Å². The van der Waals surface area contributed by atoms with Gasteiger partial charge in [0.15, 0.2) is 0 Å². The summed E-state index contributed by atoms with van der Waals surface area (Å²) in [4.78, 5) is 13.9. The lowest BCUT2D eigenvalue weighted by atomic mass is 9.90. The third-order valence-electron chi connectivity index (χ3n) is 6.87. The zero-order valence-electron chi connectivity index (χ0n) is 19.6. The number of rotatable bonds is 10. The van der Waals surface area contributed by atoms with Crippen molar-refractivity contribution in [1.29, 1.82) is 0 Å². The number of hydrogen-bond acceptors (Lipinski definition) is 4. The third kappa shape index (κ3) is 7.21. The van der Waals surface area contributed by atoms with Gasteiger partial charge in [0.05, 0.1) is 18.8 Å². The molecule has 2 rings (SSSR count). The molecular formula is C25H43NO4. The number of hydrogen-bond donors (Lipinski definition) is 2. The van der Waals surface area contributed by atoms with E-state index in [1.54, 1.807) is 4.90 Å². The first-order valence-corrected chi connectivity index (χ1v) is 11.7. The molecule has 2 N–H and O–H groups in total. The van der Waals surface area contributed by atoms with Crippen LogP contribution in [0.3, 0.4) is 0 Å². The van der Waals surface area contributed by atoms with Crippen LogP contribution in [0.1, 0.15) is 72.6 Å². The Labute approximate surface area is 183 Å². The molecule has 1 amide bonds. The van der Waals surface area contributed by atoms with Crippen molar-refractivity contribution in [1.82, 2.24) is 4.90 Å². The topological polar surface area (TPSA) is 70.0 Å². The Hall–Kier alpha value is -1.17. The SMILES string of the molecule is CCCCC[C@H](O)C=C[C@@H]1[C@H]2CC(=CCOCC(=O)N(C)C(C)(C)C)C[C@H]2C[C@H]1O. The number of carbonyl (C=O) groups is 1. The van der Waals surface area contributed by atoms with Gasteiger partial charge < -0.3 is 19.8 Å². The number of aliphatic hydroxyl groups is 2. The number of fused-ring (bicyclic) bond motifs is 1. The summed E-state index contributed by atoms with van der Waals surface area (Å²) in [6, 6.07) is 0. The fraction of sp³-hybridized carbons (Fsp3) is 0.800. The summed E-state index contributed by atoms with van der Waals surface area (Å²) in [6.45, 7) is 8.74. The molecule has 0 aromatic carbocycles. The maximum atomic E-state index is 12.2. The fourth-order valence-electron chi connectivity index (χ4n) is 4.69. The van der Waals surface area contributed by atoms with Crippen molar-refractivity contribution in [3.8, 4) is 0 Å². The Bertz CT molecular complexity index is 607. The minimum Gasteiger partial charge on any atom is -0.392 e. The van der Waals surface area contributed by atoms with E-state index in [1.807, 2.05) is 33.9 Å². The van der Waals surface area contributed by atoms with E-state index in [1.165, 1.54) is 5.57 Å². The van der Waals surface area contributed by atoms with Gasteiger partial charge in [-0.25, -0.2) is 0 Å². The van der Waals surface area contributed by atoms with Gasteiger partial charge in [-0.05, 0) is 58.3 Å². The van der Waals surface area contributed by atoms with Crippen molar-refractivity contribution in [3.05, 3.63) is 23.8 Å². The second kappa shape index (κ2) is 11.4. The van der Waals surface area contributed by atoms with E-state index in [2.05, 4.69) is 19.1 Å². The van der Waals surface area contributed by atoms with E-state index in [-0.39, 0.29) is 30.1 Å². The van der Waals surface area contributed by atoms with Gasteiger partial charge in [-0.15, -0.1) is 0 Å². The van der Waals surface area contributed by atoms with Crippen LogP contribution in [0.25, 0.3) is 0 Å². The van der Waals surface area contributed by atoms with Crippen LogP contribution in [0.2, 0.25) is 0 Å². The molecule has 0 aliphatic heterocycles. The minimum absolute atomic E-state index is 0.00462. The number of allylic oxidation sites excluding steroid dienone is 1. The van der Waals surface area contributed by atoms with E-state index in [0.29, 0.717) is 18.4 Å². The van der Waals surface area contributed by atoms with E-state index < -0.39 is 6.10 Å². The van der Waals surface area contributed by atoms with Crippen LogP contribution in [0.15, 0.2) is 23.8 Å². The number of aliphatic hydroxyl groups excluding tert-OH is 2. The summed E-state index contributed by atoms with van der Waals surface area (Å²) in [7, 11) is 1.81. The Balaban J connectivity index is 1.79. The first kappa shape index (κ1) is 25.1. The van der Waals surface area contributed by atoms with Gasteiger partial charge in [0.2, 0.25) is 5.91 Å². The summed E-state index contributed by atoms with van der Waals surface area (Å²) in [5, 5.41) is 20.6. The number of amides is 1. The second-order valence-corrected chi connectivity index (χ2v) is 10.2. The zero-order valence-corrected chi connectivity index (χ0v) is 19.6.